The molecule has 5 aliphatic rings. The molecule has 9 nitrogen and oxygen atoms in total. The summed E-state index contributed by atoms with van der Waals surface area (Å²) in [6, 6.07) is 14.4. The number of hydrogen-bond donors (Lipinski definition) is 2. The van der Waals surface area contributed by atoms with Gasteiger partial charge in [0.15, 0.2) is 0 Å². The third-order valence-corrected chi connectivity index (χ3v) is 6.98. The van der Waals surface area contributed by atoms with Crippen LogP contribution in [0.15, 0.2) is 67.5 Å². The van der Waals surface area contributed by atoms with Crippen molar-refractivity contribution >= 4 is 17.5 Å². The van der Waals surface area contributed by atoms with Gasteiger partial charge in [0, 0.05) is 82.5 Å². The first-order valence-electron chi connectivity index (χ1n) is 13.3. The van der Waals surface area contributed by atoms with Crippen LogP contribution in [0.1, 0.15) is 17.7 Å². The van der Waals surface area contributed by atoms with E-state index >= 15 is 0 Å². The van der Waals surface area contributed by atoms with Crippen molar-refractivity contribution in [1.29, 1.82) is 0 Å². The third kappa shape index (κ3) is 7.22. The molecule has 1 saturated heterocycles. The molecule has 1 aromatic carbocycles. The average Bonchev–Trinajstić information content (AvgIpc) is 2.93. The van der Waals surface area contributed by atoms with E-state index in [1.807, 2.05) is 30.5 Å². The molecule has 38 heavy (non-hydrogen) atoms. The number of anilines is 2. The van der Waals surface area contributed by atoms with Crippen LogP contribution in [0.3, 0.4) is 0 Å². The quantitative estimate of drug-likeness (QED) is 0.518. The number of hydrogen-bond acceptors (Lipinski definition) is 8. The number of nitrogens with zero attached hydrogens (tertiary/aromatic N) is 6. The Morgan fingerprint density at radius 3 is 2.58 bits per heavy atom. The third-order valence-electron chi connectivity index (χ3n) is 6.98. The lowest BCUT2D eigenvalue weighted by atomic mass is 10.1. The molecule has 1 fully saturated rings. The molecule has 7 heterocycles. The van der Waals surface area contributed by atoms with Crippen LogP contribution in [0, 0.1) is 0 Å². The number of pyridine rings is 1. The van der Waals surface area contributed by atoms with Crippen LogP contribution in [-0.2, 0) is 17.9 Å². The summed E-state index contributed by atoms with van der Waals surface area (Å²) < 4.78 is 0. The fraction of sp³-hybridized carbons (Fsp3) is 0.379. The zero-order valence-electron chi connectivity index (χ0n) is 21.9. The van der Waals surface area contributed by atoms with Crippen molar-refractivity contribution in [3.8, 4) is 11.3 Å². The lowest BCUT2D eigenvalue weighted by molar-refractivity contribution is -0.122. The SMILES string of the molecule is C=CCCN1CCNC(=O)CN2CCN(CC2)Cc2cccc(c2)Nc2nccc(n2)-c2ccc(nc2)C1. The molecular weight excluding hydrogens is 476 g/mol. The van der Waals surface area contributed by atoms with Gasteiger partial charge in [0.1, 0.15) is 0 Å². The van der Waals surface area contributed by atoms with Gasteiger partial charge in [-0.15, -0.1) is 6.58 Å². The van der Waals surface area contributed by atoms with Crippen molar-refractivity contribution in [2.75, 3.05) is 57.7 Å². The molecule has 8 rings (SSSR count). The highest BCUT2D eigenvalue weighted by Crippen LogP contribution is 2.21. The van der Waals surface area contributed by atoms with Crippen LogP contribution >= 0.6 is 0 Å². The molecular formula is C29H36N8O. The summed E-state index contributed by atoms with van der Waals surface area (Å²) >= 11 is 0. The highest BCUT2D eigenvalue weighted by molar-refractivity contribution is 5.78. The summed E-state index contributed by atoms with van der Waals surface area (Å²) in [6.45, 7) is 11.8. The molecule has 0 spiro atoms. The molecule has 0 atom stereocenters. The zero-order valence-corrected chi connectivity index (χ0v) is 21.9. The number of amides is 1. The maximum absolute atomic E-state index is 12.6. The number of carbonyl (C=O) groups is 1. The molecule has 2 N–H and O–H groups in total. The Morgan fingerprint density at radius 1 is 0.947 bits per heavy atom. The number of benzene rings is 1. The molecule has 0 aliphatic carbocycles. The van der Waals surface area contributed by atoms with Gasteiger partial charge >= 0.3 is 0 Å². The Kier molecular flexibility index (Phi) is 8.70. The Morgan fingerprint density at radius 2 is 1.79 bits per heavy atom. The first-order valence-corrected chi connectivity index (χ1v) is 13.3. The lowest BCUT2D eigenvalue weighted by Gasteiger charge is -2.34. The summed E-state index contributed by atoms with van der Waals surface area (Å²) in [7, 11) is 0. The minimum atomic E-state index is 0.0876. The molecule has 0 radical (unpaired) electrons. The van der Waals surface area contributed by atoms with Crippen LogP contribution in [0.4, 0.5) is 11.6 Å². The van der Waals surface area contributed by atoms with Gasteiger partial charge in [-0.3, -0.25) is 24.5 Å². The van der Waals surface area contributed by atoms with E-state index in [2.05, 4.69) is 61.2 Å². The average molecular weight is 513 g/mol. The summed E-state index contributed by atoms with van der Waals surface area (Å²) in [5, 5.41) is 6.48. The predicted molar refractivity (Wildman–Crippen MR) is 150 cm³/mol. The van der Waals surface area contributed by atoms with E-state index in [0.717, 1.165) is 74.9 Å². The van der Waals surface area contributed by atoms with Crippen LogP contribution in [-0.4, -0.2) is 87.9 Å². The Bertz CT molecular complexity index is 1220. The molecule has 8 bridgehead atoms. The Labute approximate surface area is 224 Å². The van der Waals surface area contributed by atoms with Gasteiger partial charge in [-0.2, -0.15) is 0 Å². The van der Waals surface area contributed by atoms with E-state index in [4.69, 9.17) is 9.97 Å². The van der Waals surface area contributed by atoms with Crippen LogP contribution < -0.4 is 10.6 Å². The van der Waals surface area contributed by atoms with E-state index in [1.165, 1.54) is 5.56 Å². The van der Waals surface area contributed by atoms with Crippen molar-refractivity contribution in [3.63, 3.8) is 0 Å². The van der Waals surface area contributed by atoms with Crippen LogP contribution in [0.5, 0.6) is 0 Å². The van der Waals surface area contributed by atoms with Crippen LogP contribution in [0.2, 0.25) is 0 Å². The van der Waals surface area contributed by atoms with Crippen molar-refractivity contribution < 1.29 is 4.79 Å². The fourth-order valence-corrected chi connectivity index (χ4v) is 4.87. The predicted octanol–water partition coefficient (Wildman–Crippen LogP) is 2.91. The normalized spacial score (nSPS) is 20.9. The highest BCUT2D eigenvalue weighted by atomic mass is 16.2. The van der Waals surface area contributed by atoms with Crippen molar-refractivity contribution in [2.45, 2.75) is 19.5 Å². The van der Waals surface area contributed by atoms with Gasteiger partial charge in [0.2, 0.25) is 11.9 Å². The van der Waals surface area contributed by atoms with E-state index < -0.39 is 0 Å². The van der Waals surface area contributed by atoms with E-state index in [1.54, 1.807) is 6.20 Å². The Balaban J connectivity index is 1.37. The number of aromatic nitrogens is 3. The first-order chi connectivity index (χ1) is 18.6. The lowest BCUT2D eigenvalue weighted by Crippen LogP contribution is -2.49. The second kappa shape index (κ2) is 12.7. The Hall–Kier alpha value is -3.66. The second-order valence-corrected chi connectivity index (χ2v) is 9.88. The van der Waals surface area contributed by atoms with Crippen LogP contribution in [0.25, 0.3) is 11.3 Å². The molecule has 2 aromatic heterocycles. The summed E-state index contributed by atoms with van der Waals surface area (Å²) in [6.07, 6.45) is 6.45. The van der Waals surface area contributed by atoms with Gasteiger partial charge in [-0.05, 0) is 42.3 Å². The zero-order chi connectivity index (χ0) is 26.2. The van der Waals surface area contributed by atoms with E-state index in [0.29, 0.717) is 25.6 Å². The number of carbonyl (C=O) groups excluding carboxylic acids is 1. The molecule has 9 heteroatoms. The van der Waals surface area contributed by atoms with Gasteiger partial charge in [-0.25, -0.2) is 9.97 Å². The van der Waals surface area contributed by atoms with E-state index in [9.17, 15) is 4.79 Å². The first kappa shape index (κ1) is 26.0. The second-order valence-electron chi connectivity index (χ2n) is 9.88. The minimum Gasteiger partial charge on any atom is -0.354 e. The molecule has 1 amide bonds. The molecule has 198 valence electrons. The standard InChI is InChI=1S/C29H36N8O/c1-2-3-12-35-13-11-30-28(38)22-37-16-14-36(15-17-37)20-23-5-4-6-25(18-23)33-29-31-10-9-27(34-29)24-7-8-26(21-35)32-19-24/h2,4-10,18-19H,1,3,11-17,20-22H2,(H,30,38)(H,31,33,34). The fourth-order valence-electron chi connectivity index (χ4n) is 4.87. The highest BCUT2D eigenvalue weighted by Gasteiger charge is 2.19. The van der Waals surface area contributed by atoms with Gasteiger partial charge in [-0.1, -0.05) is 18.2 Å². The molecule has 0 saturated carbocycles. The minimum absolute atomic E-state index is 0.0876. The number of piperazine rings is 1. The van der Waals surface area contributed by atoms with E-state index in [-0.39, 0.29) is 5.91 Å². The maximum atomic E-state index is 12.6. The van der Waals surface area contributed by atoms with Gasteiger partial charge in [0.25, 0.3) is 0 Å². The summed E-state index contributed by atoms with van der Waals surface area (Å²) in [5.74, 6) is 0.646. The summed E-state index contributed by atoms with van der Waals surface area (Å²) in [4.78, 5) is 33.5. The molecule has 0 unspecified atom stereocenters. The van der Waals surface area contributed by atoms with Crippen molar-refractivity contribution in [1.82, 2.24) is 35.0 Å². The monoisotopic (exact) mass is 512 g/mol. The van der Waals surface area contributed by atoms with Gasteiger partial charge in [0.05, 0.1) is 17.9 Å². The molecule has 5 aliphatic heterocycles. The number of nitrogens with one attached hydrogen (secondary N) is 2. The molecule has 3 aromatic rings. The maximum Gasteiger partial charge on any atom is 0.234 e. The topological polar surface area (TPSA) is 89.5 Å². The van der Waals surface area contributed by atoms with Crippen molar-refractivity contribution in [2.24, 2.45) is 0 Å². The largest absolute Gasteiger partial charge is 0.354 e. The van der Waals surface area contributed by atoms with Gasteiger partial charge < -0.3 is 10.6 Å². The number of rotatable bonds is 3. The summed E-state index contributed by atoms with van der Waals surface area (Å²) in [5.41, 5.74) is 4.93. The van der Waals surface area contributed by atoms with Crippen molar-refractivity contribution in [3.05, 3.63) is 78.8 Å². The smallest absolute Gasteiger partial charge is 0.234 e.